The van der Waals surface area contributed by atoms with Crippen LogP contribution >= 0.6 is 0 Å². The third kappa shape index (κ3) is 7.03. The minimum Gasteiger partial charge on any atom is -0.349 e. The minimum absolute atomic E-state index is 0.120. The van der Waals surface area contributed by atoms with Crippen LogP contribution in [-0.2, 0) is 15.6 Å². The van der Waals surface area contributed by atoms with Gasteiger partial charge in [-0.05, 0) is 0 Å². The molecule has 0 saturated carbocycles. The number of amides is 1. The van der Waals surface area contributed by atoms with Crippen LogP contribution < -0.4 is 5.32 Å². The van der Waals surface area contributed by atoms with E-state index < -0.39 is 10.8 Å². The topological polar surface area (TPSA) is 49.4 Å². The Hall–Kier alpha value is -0.420. The molecule has 1 unspecified atom stereocenters. The van der Waals surface area contributed by atoms with E-state index in [0.717, 1.165) is 6.54 Å². The summed E-state index contributed by atoms with van der Waals surface area (Å²) in [5, 5.41) is 3.10. The summed E-state index contributed by atoms with van der Waals surface area (Å²) in [4.78, 5) is 12.7. The molecule has 0 radical (unpaired) electrons. The van der Waals surface area contributed by atoms with Crippen LogP contribution in [0.3, 0.4) is 0 Å². The summed E-state index contributed by atoms with van der Waals surface area (Å²) in [7, 11) is 2.78. The van der Waals surface area contributed by atoms with E-state index in [-0.39, 0.29) is 5.91 Å². The Balaban J connectivity index is 3.30. The van der Waals surface area contributed by atoms with Crippen molar-refractivity contribution in [1.29, 1.82) is 0 Å². The number of carbonyl (C=O) groups is 1. The van der Waals surface area contributed by atoms with Gasteiger partial charge in [-0.25, -0.2) is 0 Å². The lowest BCUT2D eigenvalue weighted by atomic mass is 10.4. The average molecular weight is 220 g/mol. The molecule has 4 nitrogen and oxygen atoms in total. The third-order valence-electron chi connectivity index (χ3n) is 1.84. The van der Waals surface area contributed by atoms with Gasteiger partial charge in [-0.1, -0.05) is 6.92 Å². The van der Waals surface area contributed by atoms with E-state index in [9.17, 15) is 9.00 Å². The second kappa shape index (κ2) is 7.94. The molecule has 0 rings (SSSR count). The van der Waals surface area contributed by atoms with Gasteiger partial charge in [0.1, 0.15) is 0 Å². The minimum atomic E-state index is -0.708. The summed E-state index contributed by atoms with van der Waals surface area (Å²) in [5.41, 5.74) is 0. The molecule has 0 bridgehead atoms. The molecule has 14 heavy (non-hydrogen) atoms. The molecule has 0 spiro atoms. The van der Waals surface area contributed by atoms with Crippen molar-refractivity contribution in [3.8, 4) is 0 Å². The van der Waals surface area contributed by atoms with Gasteiger partial charge in [-0.2, -0.15) is 0 Å². The van der Waals surface area contributed by atoms with Gasteiger partial charge in [-0.15, -0.1) is 0 Å². The van der Waals surface area contributed by atoms with E-state index in [1.54, 1.807) is 19.0 Å². The zero-order chi connectivity index (χ0) is 11.0. The normalized spacial score (nSPS) is 12.5. The number of rotatable bonds is 7. The molecule has 0 aliphatic carbocycles. The molecule has 1 atom stereocenters. The van der Waals surface area contributed by atoms with Crippen molar-refractivity contribution >= 4 is 16.7 Å². The van der Waals surface area contributed by atoms with Crippen molar-refractivity contribution in [2.75, 3.05) is 38.7 Å². The summed E-state index contributed by atoms with van der Waals surface area (Å²) in [5.74, 6) is 1.50. The Bertz CT molecular complexity index is 195. The molecule has 0 heterocycles. The van der Waals surface area contributed by atoms with Crippen molar-refractivity contribution < 1.29 is 9.00 Å². The molecular weight excluding hydrogens is 200 g/mol. The highest BCUT2D eigenvalue weighted by molar-refractivity contribution is 7.84. The van der Waals surface area contributed by atoms with Crippen LogP contribution in [0.15, 0.2) is 0 Å². The highest BCUT2D eigenvalue weighted by Gasteiger charge is 2.02. The number of hydrogen-bond donors (Lipinski definition) is 1. The van der Waals surface area contributed by atoms with E-state index in [0.29, 0.717) is 24.5 Å². The highest BCUT2D eigenvalue weighted by Crippen LogP contribution is 1.85. The Morgan fingerprint density at radius 2 is 2.00 bits per heavy atom. The van der Waals surface area contributed by atoms with Crippen LogP contribution in [0.5, 0.6) is 0 Å². The van der Waals surface area contributed by atoms with Crippen LogP contribution in [0.25, 0.3) is 0 Å². The summed E-state index contributed by atoms with van der Waals surface area (Å²) < 4.78 is 11.0. The van der Waals surface area contributed by atoms with Gasteiger partial charge in [0.15, 0.2) is 0 Å². The Morgan fingerprint density at radius 1 is 1.36 bits per heavy atom. The van der Waals surface area contributed by atoms with Crippen molar-refractivity contribution in [2.45, 2.75) is 13.3 Å². The fourth-order valence-electron chi connectivity index (χ4n) is 0.874. The molecule has 0 saturated heterocycles. The molecule has 0 aromatic heterocycles. The van der Waals surface area contributed by atoms with E-state index in [1.165, 1.54) is 0 Å². The molecule has 1 N–H and O–H groups in total. The number of hydrogen-bond acceptors (Lipinski definition) is 3. The predicted molar refractivity (Wildman–Crippen MR) is 59.7 cm³/mol. The lowest BCUT2D eigenvalue weighted by Gasteiger charge is -2.10. The van der Waals surface area contributed by atoms with Crippen molar-refractivity contribution in [3.63, 3.8) is 0 Å². The van der Waals surface area contributed by atoms with E-state index in [4.69, 9.17) is 0 Å². The van der Waals surface area contributed by atoms with Gasteiger partial charge in [0, 0.05) is 55.9 Å². The molecular formula is C9H20N2O2S. The lowest BCUT2D eigenvalue weighted by Crippen LogP contribution is -2.28. The summed E-state index contributed by atoms with van der Waals surface area (Å²) in [6.45, 7) is 3.30. The van der Waals surface area contributed by atoms with Crippen molar-refractivity contribution in [1.82, 2.24) is 10.2 Å². The first-order valence-corrected chi connectivity index (χ1v) is 6.32. The quantitative estimate of drug-likeness (QED) is 0.606. The van der Waals surface area contributed by atoms with Gasteiger partial charge in [-0.3, -0.25) is 9.00 Å². The number of carbonyl (C=O) groups excluding carboxylic acids is 1. The summed E-state index contributed by atoms with van der Waals surface area (Å²) in [6.07, 6.45) is 0.506. The van der Waals surface area contributed by atoms with Crippen molar-refractivity contribution in [3.05, 3.63) is 0 Å². The van der Waals surface area contributed by atoms with E-state index >= 15 is 0 Å². The van der Waals surface area contributed by atoms with Crippen molar-refractivity contribution in [2.24, 2.45) is 0 Å². The SMILES string of the molecule is CCS(=O)CCNCCC(=O)N(C)C. The first-order chi connectivity index (χ1) is 6.57. The van der Waals surface area contributed by atoms with Crippen LogP contribution in [0.2, 0.25) is 0 Å². The van der Waals surface area contributed by atoms with Gasteiger partial charge < -0.3 is 10.2 Å². The van der Waals surface area contributed by atoms with Gasteiger partial charge >= 0.3 is 0 Å². The van der Waals surface area contributed by atoms with Crippen LogP contribution in [-0.4, -0.2) is 53.7 Å². The zero-order valence-electron chi connectivity index (χ0n) is 9.21. The van der Waals surface area contributed by atoms with Crippen LogP contribution in [0, 0.1) is 0 Å². The first-order valence-electron chi connectivity index (χ1n) is 4.83. The second-order valence-corrected chi connectivity index (χ2v) is 5.09. The molecule has 0 aliphatic heterocycles. The Labute approximate surface area is 88.5 Å². The number of nitrogens with one attached hydrogen (secondary N) is 1. The molecule has 0 aliphatic rings. The zero-order valence-corrected chi connectivity index (χ0v) is 10.0. The summed E-state index contributed by atoms with van der Waals surface area (Å²) >= 11 is 0. The Kier molecular flexibility index (Phi) is 7.70. The Morgan fingerprint density at radius 3 is 2.50 bits per heavy atom. The van der Waals surface area contributed by atoms with E-state index in [1.807, 2.05) is 6.92 Å². The third-order valence-corrected chi connectivity index (χ3v) is 3.15. The first kappa shape index (κ1) is 13.6. The number of nitrogens with zero attached hydrogens (tertiary/aromatic N) is 1. The highest BCUT2D eigenvalue weighted by atomic mass is 32.2. The maximum absolute atomic E-state index is 11.1. The fourth-order valence-corrected chi connectivity index (χ4v) is 1.53. The van der Waals surface area contributed by atoms with Crippen LogP contribution in [0.4, 0.5) is 0 Å². The molecule has 0 fully saturated rings. The average Bonchev–Trinajstić information content (AvgIpc) is 2.16. The largest absolute Gasteiger partial charge is 0.349 e. The summed E-state index contributed by atoms with van der Waals surface area (Å²) in [6, 6.07) is 0. The molecule has 1 amide bonds. The predicted octanol–water partition coefficient (Wildman–Crippen LogP) is -0.177. The standard InChI is InChI=1S/C9H20N2O2S/c1-4-14(13)8-7-10-6-5-9(12)11(2)3/h10H,4-8H2,1-3H3. The van der Waals surface area contributed by atoms with Gasteiger partial charge in [0.2, 0.25) is 5.91 Å². The van der Waals surface area contributed by atoms with E-state index in [2.05, 4.69) is 5.32 Å². The maximum atomic E-state index is 11.1. The molecule has 0 aromatic rings. The monoisotopic (exact) mass is 220 g/mol. The smallest absolute Gasteiger partial charge is 0.223 e. The fraction of sp³-hybridized carbons (Fsp3) is 0.889. The lowest BCUT2D eigenvalue weighted by molar-refractivity contribution is -0.128. The molecule has 84 valence electrons. The van der Waals surface area contributed by atoms with Gasteiger partial charge in [0.05, 0.1) is 0 Å². The van der Waals surface area contributed by atoms with Gasteiger partial charge in [0.25, 0.3) is 0 Å². The maximum Gasteiger partial charge on any atom is 0.223 e. The molecule has 0 aromatic carbocycles. The molecule has 5 heteroatoms. The second-order valence-electron chi connectivity index (χ2n) is 3.22. The van der Waals surface area contributed by atoms with Crippen LogP contribution in [0.1, 0.15) is 13.3 Å².